The number of fused-ring (bicyclic) bond motifs is 1. The molecule has 6 heteroatoms. The Morgan fingerprint density at radius 3 is 2.40 bits per heavy atom. The van der Waals surface area contributed by atoms with Gasteiger partial charge in [-0.3, -0.25) is 19.0 Å². The van der Waals surface area contributed by atoms with Crippen LogP contribution in [0.2, 0.25) is 0 Å². The molecule has 0 N–H and O–H groups in total. The van der Waals surface area contributed by atoms with Crippen LogP contribution in [0, 0.1) is 0 Å². The highest BCUT2D eigenvalue weighted by atomic mass is 16.5. The van der Waals surface area contributed by atoms with E-state index >= 15 is 0 Å². The normalized spacial score (nSPS) is 13.3. The zero-order chi connectivity index (χ0) is 18.1. The van der Waals surface area contributed by atoms with Crippen LogP contribution in [0.4, 0.5) is 0 Å². The lowest BCUT2D eigenvalue weighted by Crippen LogP contribution is -2.35. The van der Waals surface area contributed by atoms with Crippen molar-refractivity contribution in [1.82, 2.24) is 9.47 Å². The second-order valence-corrected chi connectivity index (χ2v) is 6.23. The third-order valence-electron chi connectivity index (χ3n) is 4.39. The van der Waals surface area contributed by atoms with E-state index in [-0.39, 0.29) is 11.3 Å². The molecule has 0 saturated heterocycles. The van der Waals surface area contributed by atoms with Gasteiger partial charge in [0.15, 0.2) is 5.78 Å². The number of amides is 1. The minimum Gasteiger partial charge on any atom is -0.497 e. The van der Waals surface area contributed by atoms with Crippen LogP contribution in [0.1, 0.15) is 39.3 Å². The number of hydrogen-bond donors (Lipinski definition) is 0. The molecule has 6 nitrogen and oxygen atoms in total. The summed E-state index contributed by atoms with van der Waals surface area (Å²) in [4.78, 5) is 39.2. The molecule has 130 valence electrons. The van der Waals surface area contributed by atoms with Gasteiger partial charge in [-0.2, -0.15) is 0 Å². The molecule has 0 spiro atoms. The Bertz CT molecular complexity index is 895. The molecule has 1 aliphatic rings. The van der Waals surface area contributed by atoms with Gasteiger partial charge in [0.2, 0.25) is 0 Å². The van der Waals surface area contributed by atoms with Crippen LogP contribution >= 0.6 is 0 Å². The van der Waals surface area contributed by atoms with Crippen molar-refractivity contribution in [1.29, 1.82) is 0 Å². The largest absolute Gasteiger partial charge is 0.497 e. The smallest absolute Gasteiger partial charge is 0.268 e. The number of hydrogen-bond acceptors (Lipinski definition) is 4. The predicted molar refractivity (Wildman–Crippen MR) is 93.9 cm³/mol. The molecule has 1 aromatic heterocycles. The van der Waals surface area contributed by atoms with Gasteiger partial charge >= 0.3 is 0 Å². The van der Waals surface area contributed by atoms with Crippen molar-refractivity contribution >= 4 is 11.7 Å². The quantitative estimate of drug-likeness (QED) is 0.858. The maximum Gasteiger partial charge on any atom is 0.268 e. The molecule has 0 aliphatic heterocycles. The first-order chi connectivity index (χ1) is 11.9. The Balaban J connectivity index is 2.29. The second kappa shape index (κ2) is 6.55. The van der Waals surface area contributed by atoms with E-state index in [0.717, 1.165) is 0 Å². The van der Waals surface area contributed by atoms with Crippen LogP contribution in [0.15, 0.2) is 35.1 Å². The summed E-state index contributed by atoms with van der Waals surface area (Å²) < 4.78 is 6.64. The van der Waals surface area contributed by atoms with Crippen LogP contribution in [-0.2, 0) is 6.42 Å². The minimum absolute atomic E-state index is 0.00909. The lowest BCUT2D eigenvalue weighted by atomic mass is 9.92. The molecule has 1 aliphatic carbocycles. The van der Waals surface area contributed by atoms with E-state index in [1.165, 1.54) is 15.5 Å². The van der Waals surface area contributed by atoms with E-state index in [1.807, 2.05) is 0 Å². The van der Waals surface area contributed by atoms with Crippen LogP contribution < -0.4 is 10.3 Å². The summed E-state index contributed by atoms with van der Waals surface area (Å²) in [7, 11) is 4.74. The van der Waals surface area contributed by atoms with Crippen LogP contribution in [0.3, 0.4) is 0 Å². The molecule has 0 fully saturated rings. The SMILES string of the molecule is COc1ccc(-n2c3c(cc(C(=O)N(C)C)c2=O)C(=O)CCC3)cc1. The molecular formula is C19H20N2O4. The van der Waals surface area contributed by atoms with Crippen LogP contribution in [0.25, 0.3) is 5.69 Å². The summed E-state index contributed by atoms with van der Waals surface area (Å²) in [6.07, 6.45) is 1.75. The molecule has 0 saturated carbocycles. The van der Waals surface area contributed by atoms with Crippen molar-refractivity contribution < 1.29 is 14.3 Å². The summed E-state index contributed by atoms with van der Waals surface area (Å²) in [5, 5.41) is 0. The Kier molecular flexibility index (Phi) is 4.44. The first-order valence-electron chi connectivity index (χ1n) is 8.12. The Labute approximate surface area is 145 Å². The van der Waals surface area contributed by atoms with Gasteiger partial charge in [0.1, 0.15) is 11.3 Å². The second-order valence-electron chi connectivity index (χ2n) is 6.23. The van der Waals surface area contributed by atoms with Gasteiger partial charge in [0.05, 0.1) is 7.11 Å². The first-order valence-corrected chi connectivity index (χ1v) is 8.12. The lowest BCUT2D eigenvalue weighted by Gasteiger charge is -2.22. The lowest BCUT2D eigenvalue weighted by molar-refractivity contribution is 0.0825. The van der Waals surface area contributed by atoms with Crippen molar-refractivity contribution in [2.75, 3.05) is 21.2 Å². The molecule has 3 rings (SSSR count). The number of nitrogens with zero attached hydrogens (tertiary/aromatic N) is 2. The van der Waals surface area contributed by atoms with E-state index < -0.39 is 11.5 Å². The number of rotatable bonds is 3. The average molecular weight is 340 g/mol. The first kappa shape index (κ1) is 17.0. The van der Waals surface area contributed by atoms with Crippen molar-refractivity contribution in [2.24, 2.45) is 0 Å². The molecular weight excluding hydrogens is 320 g/mol. The molecule has 0 unspecified atom stereocenters. The van der Waals surface area contributed by atoms with Crippen LogP contribution in [-0.4, -0.2) is 42.4 Å². The summed E-state index contributed by atoms with van der Waals surface area (Å²) in [6, 6.07) is 8.47. The van der Waals surface area contributed by atoms with Gasteiger partial charge in [-0.25, -0.2) is 0 Å². The molecule has 25 heavy (non-hydrogen) atoms. The minimum atomic E-state index is -0.409. The zero-order valence-electron chi connectivity index (χ0n) is 14.5. The number of ketones is 1. The van der Waals surface area contributed by atoms with Crippen LogP contribution in [0.5, 0.6) is 5.75 Å². The number of methoxy groups -OCH3 is 1. The van der Waals surface area contributed by atoms with Gasteiger partial charge in [-0.15, -0.1) is 0 Å². The van der Waals surface area contributed by atoms with Gasteiger partial charge < -0.3 is 9.64 Å². The number of ether oxygens (including phenoxy) is 1. The van der Waals surface area contributed by atoms with Gasteiger partial charge in [0.25, 0.3) is 11.5 Å². The number of pyridine rings is 1. The summed E-state index contributed by atoms with van der Waals surface area (Å²) in [6.45, 7) is 0. The van der Waals surface area contributed by atoms with E-state index in [2.05, 4.69) is 0 Å². The zero-order valence-corrected chi connectivity index (χ0v) is 14.5. The molecule has 1 amide bonds. The van der Waals surface area contributed by atoms with Crippen molar-refractivity contribution in [3.8, 4) is 11.4 Å². The van der Waals surface area contributed by atoms with E-state index in [4.69, 9.17) is 4.74 Å². The van der Waals surface area contributed by atoms with E-state index in [0.29, 0.717) is 42.0 Å². The Morgan fingerprint density at radius 2 is 1.80 bits per heavy atom. The monoisotopic (exact) mass is 340 g/mol. The van der Waals surface area contributed by atoms with E-state index in [1.54, 1.807) is 45.5 Å². The molecule has 1 heterocycles. The Hall–Kier alpha value is -2.89. The molecule has 0 atom stereocenters. The molecule has 1 aromatic carbocycles. The summed E-state index contributed by atoms with van der Waals surface area (Å²) in [5.74, 6) is 0.229. The topological polar surface area (TPSA) is 68.6 Å². The molecule has 2 aromatic rings. The fraction of sp³-hybridized carbons (Fsp3) is 0.316. The molecule has 0 bridgehead atoms. The van der Waals surface area contributed by atoms with Gasteiger partial charge in [-0.05, 0) is 43.2 Å². The third kappa shape index (κ3) is 2.95. The highest BCUT2D eigenvalue weighted by Crippen LogP contribution is 2.24. The average Bonchev–Trinajstić information content (AvgIpc) is 2.61. The van der Waals surface area contributed by atoms with Crippen molar-refractivity contribution in [3.63, 3.8) is 0 Å². The van der Waals surface area contributed by atoms with Gasteiger partial charge in [0, 0.05) is 37.5 Å². The summed E-state index contributed by atoms with van der Waals surface area (Å²) in [5.41, 5.74) is 1.35. The number of Topliss-reactive ketones (excluding diaryl/α,β-unsaturated/α-hetero) is 1. The van der Waals surface area contributed by atoms with Crippen molar-refractivity contribution in [2.45, 2.75) is 19.3 Å². The fourth-order valence-electron chi connectivity index (χ4n) is 3.09. The molecule has 0 radical (unpaired) electrons. The predicted octanol–water partition coefficient (Wildman–Crippen LogP) is 2.07. The highest BCUT2D eigenvalue weighted by molar-refractivity contribution is 6.01. The number of carbonyl (C=O) groups excluding carboxylic acids is 2. The Morgan fingerprint density at radius 1 is 1.12 bits per heavy atom. The fourth-order valence-corrected chi connectivity index (χ4v) is 3.09. The number of aromatic nitrogens is 1. The highest BCUT2D eigenvalue weighted by Gasteiger charge is 2.26. The maximum absolute atomic E-state index is 13.0. The third-order valence-corrected chi connectivity index (χ3v) is 4.39. The summed E-state index contributed by atoms with van der Waals surface area (Å²) >= 11 is 0. The number of carbonyl (C=O) groups is 2. The standard InChI is InChI=1S/C19H20N2O4/c1-20(2)18(23)15-11-14-16(5-4-6-17(14)22)21(19(15)24)12-7-9-13(25-3)10-8-12/h7-11H,4-6H2,1-3H3. The van der Waals surface area contributed by atoms with E-state index in [9.17, 15) is 14.4 Å². The maximum atomic E-state index is 13.0. The van der Waals surface area contributed by atoms with Gasteiger partial charge in [-0.1, -0.05) is 0 Å². The number of benzene rings is 1. The van der Waals surface area contributed by atoms with Crippen molar-refractivity contribution in [3.05, 3.63) is 57.5 Å².